The minimum absolute atomic E-state index is 0. The Bertz CT molecular complexity index is 859. The number of rotatable bonds is 9. The number of hydrogen-bond acceptors (Lipinski definition) is 4. The van der Waals surface area contributed by atoms with Crippen LogP contribution in [0.25, 0.3) is 17.2 Å². The van der Waals surface area contributed by atoms with Gasteiger partial charge < -0.3 is 24.7 Å². The molecule has 0 saturated carbocycles. The number of hydrogen-bond donors (Lipinski definition) is 2. The predicted octanol–water partition coefficient (Wildman–Crippen LogP) is 0.268. The van der Waals surface area contributed by atoms with Crippen LogP contribution in [-0.2, 0) is 4.79 Å². The van der Waals surface area contributed by atoms with Gasteiger partial charge in [0.05, 0.1) is 12.2 Å². The van der Waals surface area contributed by atoms with E-state index in [0.29, 0.717) is 0 Å². The molecule has 0 fully saturated rings. The van der Waals surface area contributed by atoms with Crippen LogP contribution in [0.3, 0.4) is 0 Å². The molecular formula is C23H29FNNaO4. The Morgan fingerprint density at radius 3 is 2.27 bits per heavy atom. The summed E-state index contributed by atoms with van der Waals surface area (Å²) in [7, 11) is 0. The van der Waals surface area contributed by atoms with Crippen LogP contribution >= 0.6 is 0 Å². The zero-order valence-electron chi connectivity index (χ0n) is 18.3. The second-order valence-electron chi connectivity index (χ2n) is 7.90. The van der Waals surface area contributed by atoms with E-state index in [0.717, 1.165) is 22.4 Å². The summed E-state index contributed by atoms with van der Waals surface area (Å²) in [6.45, 7) is 8.33. The van der Waals surface area contributed by atoms with E-state index in [1.165, 1.54) is 12.1 Å². The van der Waals surface area contributed by atoms with Gasteiger partial charge in [-0.1, -0.05) is 38.1 Å². The molecule has 7 heteroatoms. The summed E-state index contributed by atoms with van der Waals surface area (Å²) in [5, 5.41) is 30.5. The van der Waals surface area contributed by atoms with E-state index in [-0.39, 0.29) is 53.8 Å². The summed E-state index contributed by atoms with van der Waals surface area (Å²) in [4.78, 5) is 10.6. The number of aliphatic carboxylic acids is 1. The molecule has 0 saturated heterocycles. The van der Waals surface area contributed by atoms with Crippen molar-refractivity contribution < 1.29 is 54.1 Å². The van der Waals surface area contributed by atoms with Crippen molar-refractivity contribution >= 4 is 12.0 Å². The van der Waals surface area contributed by atoms with Gasteiger partial charge in [-0.25, -0.2) is 4.39 Å². The van der Waals surface area contributed by atoms with Crippen LogP contribution < -0.4 is 34.7 Å². The number of carboxylic acids is 1. The third-order valence-electron chi connectivity index (χ3n) is 4.77. The van der Waals surface area contributed by atoms with Crippen molar-refractivity contribution in [3.05, 3.63) is 53.6 Å². The maximum Gasteiger partial charge on any atom is 1.00 e. The zero-order chi connectivity index (χ0) is 21.7. The van der Waals surface area contributed by atoms with Crippen molar-refractivity contribution in [1.82, 2.24) is 4.57 Å². The van der Waals surface area contributed by atoms with Crippen LogP contribution in [0.2, 0.25) is 0 Å². The minimum Gasteiger partial charge on any atom is -0.550 e. The second-order valence-corrected chi connectivity index (χ2v) is 7.90. The molecule has 158 valence electrons. The van der Waals surface area contributed by atoms with E-state index in [1.807, 2.05) is 6.20 Å². The first kappa shape index (κ1) is 26.6. The Morgan fingerprint density at radius 2 is 1.77 bits per heavy atom. The number of aromatic nitrogens is 1. The Hall–Kier alpha value is -1.44. The number of benzene rings is 1. The number of aliphatic hydroxyl groups is 2. The number of carbonyl (C=O) groups excluding carboxylic acids is 1. The summed E-state index contributed by atoms with van der Waals surface area (Å²) in [6.07, 6.45) is 2.57. The number of aliphatic hydroxyl groups excluding tert-OH is 2. The van der Waals surface area contributed by atoms with Crippen LogP contribution in [0.1, 0.15) is 63.8 Å². The molecule has 0 aliphatic heterocycles. The monoisotopic (exact) mass is 425 g/mol. The van der Waals surface area contributed by atoms with E-state index in [9.17, 15) is 24.5 Å². The van der Waals surface area contributed by atoms with E-state index in [2.05, 4.69) is 32.3 Å². The summed E-state index contributed by atoms with van der Waals surface area (Å²) < 4.78 is 15.6. The number of carbonyl (C=O) groups is 1. The van der Waals surface area contributed by atoms with Crippen molar-refractivity contribution in [3.63, 3.8) is 0 Å². The third-order valence-corrected chi connectivity index (χ3v) is 4.77. The minimum atomic E-state index is -1.36. The maximum atomic E-state index is 13.4. The third kappa shape index (κ3) is 7.06. The van der Waals surface area contributed by atoms with Crippen LogP contribution in [-0.4, -0.2) is 33.0 Å². The van der Waals surface area contributed by atoms with Gasteiger partial charge in [-0.3, -0.25) is 0 Å². The van der Waals surface area contributed by atoms with Gasteiger partial charge in [0.2, 0.25) is 0 Å². The van der Waals surface area contributed by atoms with Crippen molar-refractivity contribution in [2.24, 2.45) is 0 Å². The molecule has 0 amide bonds. The maximum absolute atomic E-state index is 13.4. The quantitative estimate of drug-likeness (QED) is 0.565. The number of carboxylic acid groups (broad SMARTS) is 1. The van der Waals surface area contributed by atoms with Gasteiger partial charge in [0.1, 0.15) is 5.82 Å². The summed E-state index contributed by atoms with van der Waals surface area (Å²) >= 11 is 0. The van der Waals surface area contributed by atoms with Gasteiger partial charge in [-0.15, -0.1) is 0 Å². The molecule has 1 heterocycles. The predicted molar refractivity (Wildman–Crippen MR) is 110 cm³/mol. The fraction of sp³-hybridized carbons (Fsp3) is 0.435. The van der Waals surface area contributed by atoms with E-state index >= 15 is 0 Å². The zero-order valence-corrected chi connectivity index (χ0v) is 20.3. The molecule has 2 rings (SSSR count). The van der Waals surface area contributed by atoms with Crippen molar-refractivity contribution in [1.29, 1.82) is 0 Å². The number of halogens is 1. The molecule has 2 atom stereocenters. The van der Waals surface area contributed by atoms with E-state index in [1.54, 1.807) is 24.3 Å². The van der Waals surface area contributed by atoms with Crippen LogP contribution in [0.5, 0.6) is 0 Å². The summed E-state index contributed by atoms with van der Waals surface area (Å²) in [6, 6.07) is 6.47. The summed E-state index contributed by atoms with van der Waals surface area (Å²) in [5.41, 5.74) is 3.77. The fourth-order valence-electron chi connectivity index (χ4n) is 3.47. The van der Waals surface area contributed by atoms with Gasteiger partial charge in [-0.05, 0) is 37.5 Å². The Balaban J connectivity index is 0.00000450. The standard InChI is InChI=1S/C23H30FNO4.Na/c1-14(2)23-20(10-9-18(26)11-19(27)12-22(28)29)21(13-25(23)15(3)4)16-5-7-17(24)8-6-16;/h5-10,13-15,18-19,26-27H,11-12H2,1-4H3,(H,28,29);/q;+1/p-1/b10-9+;/t18-,19+;/m1./s1. The first-order valence-corrected chi connectivity index (χ1v) is 9.85. The Morgan fingerprint density at radius 1 is 1.17 bits per heavy atom. The Kier molecular flexibility index (Phi) is 10.5. The Labute approximate surface area is 199 Å². The molecule has 5 nitrogen and oxygen atoms in total. The molecule has 0 bridgehead atoms. The molecule has 0 unspecified atom stereocenters. The largest absolute Gasteiger partial charge is 1.00 e. The molecule has 0 aliphatic carbocycles. The molecule has 1 aromatic heterocycles. The topological polar surface area (TPSA) is 85.5 Å². The van der Waals surface area contributed by atoms with E-state index in [4.69, 9.17) is 0 Å². The average molecular weight is 425 g/mol. The van der Waals surface area contributed by atoms with Gasteiger partial charge in [0.25, 0.3) is 0 Å². The first-order valence-electron chi connectivity index (χ1n) is 9.85. The van der Waals surface area contributed by atoms with Gasteiger partial charge in [0.15, 0.2) is 0 Å². The van der Waals surface area contributed by atoms with Crippen LogP contribution in [0.4, 0.5) is 4.39 Å². The molecule has 0 aliphatic rings. The molecule has 30 heavy (non-hydrogen) atoms. The molecular weight excluding hydrogens is 396 g/mol. The SMILES string of the molecule is CC(C)c1c(/C=C/[C@@H](O)C[C@H](O)CC(=O)[O-])c(-c2ccc(F)cc2)cn1C(C)C.[Na+]. The van der Waals surface area contributed by atoms with Crippen molar-refractivity contribution in [3.8, 4) is 11.1 Å². The normalized spacial score (nSPS) is 13.6. The molecule has 2 N–H and O–H groups in total. The average Bonchev–Trinajstić information content (AvgIpc) is 2.99. The molecule has 1 aromatic carbocycles. The second kappa shape index (κ2) is 11.8. The van der Waals surface area contributed by atoms with Gasteiger partial charge in [-0.2, -0.15) is 0 Å². The van der Waals surface area contributed by atoms with Crippen molar-refractivity contribution in [2.75, 3.05) is 0 Å². The van der Waals surface area contributed by atoms with Gasteiger partial charge in [0, 0.05) is 47.9 Å². The van der Waals surface area contributed by atoms with Crippen LogP contribution in [0, 0.1) is 5.82 Å². The van der Waals surface area contributed by atoms with E-state index < -0.39 is 24.6 Å². The van der Waals surface area contributed by atoms with Crippen LogP contribution in [0.15, 0.2) is 36.5 Å². The van der Waals surface area contributed by atoms with Crippen molar-refractivity contribution in [2.45, 2.75) is 64.7 Å². The number of nitrogens with zero attached hydrogens (tertiary/aromatic N) is 1. The summed E-state index contributed by atoms with van der Waals surface area (Å²) in [5.74, 6) is -1.47. The fourth-order valence-corrected chi connectivity index (χ4v) is 3.47. The van der Waals surface area contributed by atoms with Gasteiger partial charge >= 0.3 is 29.6 Å². The smallest absolute Gasteiger partial charge is 0.550 e. The molecule has 2 aromatic rings. The molecule has 0 spiro atoms. The first-order chi connectivity index (χ1) is 13.6. The molecule has 0 radical (unpaired) electrons.